The summed E-state index contributed by atoms with van der Waals surface area (Å²) in [4.78, 5) is 23.3. The van der Waals surface area contributed by atoms with Gasteiger partial charge in [-0.25, -0.2) is 9.97 Å². The Balaban J connectivity index is 1.24. The van der Waals surface area contributed by atoms with E-state index in [0.717, 1.165) is 25.8 Å². The number of anilines is 1. The number of hydrogen-bond donors (Lipinski definition) is 1. The van der Waals surface area contributed by atoms with E-state index in [1.54, 1.807) is 12.4 Å². The van der Waals surface area contributed by atoms with Gasteiger partial charge in [0.2, 0.25) is 5.95 Å². The van der Waals surface area contributed by atoms with Crippen LogP contribution in [-0.4, -0.2) is 52.1 Å². The number of nitrogens with zero attached hydrogens (tertiary/aromatic N) is 3. The van der Waals surface area contributed by atoms with Crippen LogP contribution in [0.5, 0.6) is 0 Å². The summed E-state index contributed by atoms with van der Waals surface area (Å²) < 4.78 is 5.29. The molecule has 134 valence electrons. The number of likely N-dealkylation sites (tertiary alicyclic amines) is 1. The Bertz CT molecular complexity index is 855. The van der Waals surface area contributed by atoms with E-state index >= 15 is 0 Å². The summed E-state index contributed by atoms with van der Waals surface area (Å²) >= 11 is 0. The number of fused-ring (bicyclic) bond motifs is 1. The van der Waals surface area contributed by atoms with Gasteiger partial charge in [-0.05, 0) is 37.3 Å². The highest BCUT2D eigenvalue weighted by molar-refractivity contribution is 5.95. The first-order valence-electron chi connectivity index (χ1n) is 9.20. The molecule has 5 rings (SSSR count). The molecule has 1 unspecified atom stereocenters. The number of ether oxygens (including phenoxy) is 1. The molecule has 0 radical (unpaired) electrons. The van der Waals surface area contributed by atoms with Gasteiger partial charge < -0.3 is 15.0 Å². The molecule has 26 heavy (non-hydrogen) atoms. The zero-order valence-corrected chi connectivity index (χ0v) is 14.9. The topological polar surface area (TPSA) is 67.4 Å². The van der Waals surface area contributed by atoms with Crippen molar-refractivity contribution in [1.29, 1.82) is 0 Å². The number of carbonyl (C=O) groups is 1. The lowest BCUT2D eigenvalue weighted by Gasteiger charge is -2.57. The first-order valence-corrected chi connectivity index (χ1v) is 9.20. The summed E-state index contributed by atoms with van der Waals surface area (Å²) in [6, 6.07) is 6.93. The summed E-state index contributed by atoms with van der Waals surface area (Å²) in [6.45, 7) is 4.22. The van der Waals surface area contributed by atoms with Crippen molar-refractivity contribution >= 4 is 11.9 Å². The monoisotopic (exact) mass is 350 g/mol. The molecule has 1 atom stereocenters. The van der Waals surface area contributed by atoms with Gasteiger partial charge in [0.25, 0.3) is 5.91 Å². The number of aryl methyl sites for hydroxylation is 1. The highest BCUT2D eigenvalue weighted by atomic mass is 16.5. The minimum atomic E-state index is -0.0538. The van der Waals surface area contributed by atoms with E-state index in [4.69, 9.17) is 4.74 Å². The average molecular weight is 350 g/mol. The fourth-order valence-electron chi connectivity index (χ4n) is 4.20. The lowest BCUT2D eigenvalue weighted by molar-refractivity contribution is -0.172. The molecule has 0 saturated carbocycles. The standard InChI is InChI=1S/C20H22N4O2/c1-13-2-3-14-7-17(8-15(14)6-13)23-19-21-9-16(10-22-19)18(25)24-5-4-20(24)11-26-12-20/h2-3,6,9-10,17H,4-5,7-8,11-12H2,1H3,(H,21,22,23). The van der Waals surface area contributed by atoms with Crippen LogP contribution in [0, 0.1) is 6.92 Å². The third-order valence-corrected chi connectivity index (χ3v) is 5.89. The van der Waals surface area contributed by atoms with Crippen molar-refractivity contribution in [3.05, 3.63) is 52.8 Å². The normalized spacial score (nSPS) is 22.5. The van der Waals surface area contributed by atoms with Gasteiger partial charge in [-0.1, -0.05) is 23.8 Å². The van der Waals surface area contributed by atoms with Crippen LogP contribution in [-0.2, 0) is 17.6 Å². The Hall–Kier alpha value is -2.47. The molecule has 2 saturated heterocycles. The van der Waals surface area contributed by atoms with Gasteiger partial charge >= 0.3 is 0 Å². The van der Waals surface area contributed by atoms with Crippen molar-refractivity contribution < 1.29 is 9.53 Å². The van der Waals surface area contributed by atoms with Crippen LogP contribution in [0.3, 0.4) is 0 Å². The maximum absolute atomic E-state index is 12.6. The molecular formula is C20H22N4O2. The van der Waals surface area contributed by atoms with Gasteiger partial charge in [-0.3, -0.25) is 4.79 Å². The van der Waals surface area contributed by atoms with Crippen molar-refractivity contribution in [3.63, 3.8) is 0 Å². The van der Waals surface area contributed by atoms with Crippen molar-refractivity contribution in [2.75, 3.05) is 25.1 Å². The zero-order chi connectivity index (χ0) is 17.7. The van der Waals surface area contributed by atoms with Gasteiger partial charge in [0, 0.05) is 25.0 Å². The number of amides is 1. The number of benzene rings is 1. The summed E-state index contributed by atoms with van der Waals surface area (Å²) in [7, 11) is 0. The Labute approximate surface area is 152 Å². The smallest absolute Gasteiger partial charge is 0.257 e. The molecule has 1 spiro atoms. The molecule has 3 aliphatic rings. The highest BCUT2D eigenvalue weighted by Gasteiger charge is 2.53. The first kappa shape index (κ1) is 15.8. The summed E-state index contributed by atoms with van der Waals surface area (Å²) in [6.07, 6.45) is 6.26. The van der Waals surface area contributed by atoms with Gasteiger partial charge in [-0.2, -0.15) is 0 Å². The molecule has 1 aliphatic carbocycles. The molecule has 3 heterocycles. The first-order chi connectivity index (χ1) is 12.6. The van der Waals surface area contributed by atoms with E-state index < -0.39 is 0 Å². The van der Waals surface area contributed by atoms with Crippen LogP contribution in [0.4, 0.5) is 5.95 Å². The molecule has 2 aromatic rings. The van der Waals surface area contributed by atoms with E-state index in [2.05, 4.69) is 40.4 Å². The van der Waals surface area contributed by atoms with Gasteiger partial charge in [0.15, 0.2) is 0 Å². The number of aromatic nitrogens is 2. The maximum Gasteiger partial charge on any atom is 0.257 e. The number of hydrogen-bond acceptors (Lipinski definition) is 5. The molecular weight excluding hydrogens is 328 g/mol. The van der Waals surface area contributed by atoms with Crippen LogP contribution in [0.2, 0.25) is 0 Å². The summed E-state index contributed by atoms with van der Waals surface area (Å²) in [5.41, 5.74) is 4.59. The van der Waals surface area contributed by atoms with Crippen molar-refractivity contribution in [1.82, 2.24) is 14.9 Å². The molecule has 1 N–H and O–H groups in total. The van der Waals surface area contributed by atoms with Crippen LogP contribution in [0.15, 0.2) is 30.6 Å². The fraction of sp³-hybridized carbons (Fsp3) is 0.450. The van der Waals surface area contributed by atoms with Crippen LogP contribution in [0.25, 0.3) is 0 Å². The molecule has 0 bridgehead atoms. The molecule has 1 amide bonds. The average Bonchev–Trinajstić information content (AvgIpc) is 2.94. The van der Waals surface area contributed by atoms with E-state index in [9.17, 15) is 4.79 Å². The van der Waals surface area contributed by atoms with Crippen LogP contribution in [0.1, 0.15) is 33.5 Å². The van der Waals surface area contributed by atoms with Gasteiger partial charge in [0.05, 0.1) is 24.3 Å². The number of nitrogens with one attached hydrogen (secondary N) is 1. The second-order valence-corrected chi connectivity index (χ2v) is 7.74. The molecule has 6 nitrogen and oxygen atoms in total. The Morgan fingerprint density at radius 2 is 2.00 bits per heavy atom. The highest BCUT2D eigenvalue weighted by Crippen LogP contribution is 2.38. The summed E-state index contributed by atoms with van der Waals surface area (Å²) in [5, 5.41) is 3.40. The second-order valence-electron chi connectivity index (χ2n) is 7.74. The van der Waals surface area contributed by atoms with E-state index in [1.165, 1.54) is 16.7 Å². The molecule has 1 aromatic heterocycles. The Morgan fingerprint density at radius 3 is 2.65 bits per heavy atom. The van der Waals surface area contributed by atoms with Crippen LogP contribution >= 0.6 is 0 Å². The number of carbonyl (C=O) groups excluding carboxylic acids is 1. The lowest BCUT2D eigenvalue weighted by Crippen LogP contribution is -2.72. The SMILES string of the molecule is Cc1ccc2c(c1)CC(Nc1ncc(C(=O)N3CCC34COC4)cn1)C2. The van der Waals surface area contributed by atoms with Gasteiger partial charge in [-0.15, -0.1) is 0 Å². The summed E-state index contributed by atoms with van der Waals surface area (Å²) in [5.74, 6) is 0.594. The predicted molar refractivity (Wildman–Crippen MR) is 97.2 cm³/mol. The minimum Gasteiger partial charge on any atom is -0.376 e. The third kappa shape index (κ3) is 2.48. The van der Waals surface area contributed by atoms with E-state index in [0.29, 0.717) is 30.8 Å². The van der Waals surface area contributed by atoms with Gasteiger partial charge in [0.1, 0.15) is 0 Å². The van der Waals surface area contributed by atoms with Crippen LogP contribution < -0.4 is 5.32 Å². The second kappa shape index (κ2) is 5.77. The maximum atomic E-state index is 12.6. The Morgan fingerprint density at radius 1 is 1.23 bits per heavy atom. The third-order valence-electron chi connectivity index (χ3n) is 5.89. The van der Waals surface area contributed by atoms with Crippen molar-refractivity contribution in [2.45, 2.75) is 37.8 Å². The molecule has 1 aromatic carbocycles. The molecule has 2 aliphatic heterocycles. The largest absolute Gasteiger partial charge is 0.376 e. The molecule has 6 heteroatoms. The number of rotatable bonds is 3. The van der Waals surface area contributed by atoms with E-state index in [-0.39, 0.29) is 11.4 Å². The Kier molecular flexibility index (Phi) is 3.50. The zero-order valence-electron chi connectivity index (χ0n) is 14.9. The minimum absolute atomic E-state index is 0.00912. The predicted octanol–water partition coefficient (Wildman–Crippen LogP) is 1.98. The van der Waals surface area contributed by atoms with Crippen molar-refractivity contribution in [3.8, 4) is 0 Å². The van der Waals surface area contributed by atoms with Crippen molar-refractivity contribution in [2.24, 2.45) is 0 Å². The van der Waals surface area contributed by atoms with E-state index in [1.807, 2.05) is 4.90 Å². The quantitative estimate of drug-likeness (QED) is 0.917. The molecule has 2 fully saturated rings. The fourth-order valence-corrected chi connectivity index (χ4v) is 4.20. The lowest BCUT2D eigenvalue weighted by atomic mass is 9.82.